The number of carbonyl (C=O) groups is 1. The summed E-state index contributed by atoms with van der Waals surface area (Å²) >= 11 is 0. The molecule has 1 aromatic carbocycles. The molecule has 25 heavy (non-hydrogen) atoms. The molecule has 1 fully saturated rings. The number of piperidine rings is 1. The predicted octanol–water partition coefficient (Wildman–Crippen LogP) is 3.05. The lowest BCUT2D eigenvalue weighted by molar-refractivity contribution is 0.184. The molecule has 1 saturated heterocycles. The third kappa shape index (κ3) is 4.98. The van der Waals surface area contributed by atoms with Crippen LogP contribution in [0.1, 0.15) is 30.9 Å². The fraction of sp³-hybridized carbons (Fsp3) is 0.550. The fourth-order valence-corrected chi connectivity index (χ4v) is 3.70. The van der Waals surface area contributed by atoms with Gasteiger partial charge in [-0.1, -0.05) is 19.1 Å². The molecule has 0 saturated carbocycles. The topological polar surface area (TPSA) is 60.2 Å². The Balaban J connectivity index is 1.36. The van der Waals surface area contributed by atoms with Crippen LogP contribution in [0.2, 0.25) is 0 Å². The van der Waals surface area contributed by atoms with E-state index in [4.69, 9.17) is 0 Å². The van der Waals surface area contributed by atoms with Crippen molar-refractivity contribution in [1.29, 1.82) is 0 Å². The fourth-order valence-electron chi connectivity index (χ4n) is 3.70. The van der Waals surface area contributed by atoms with Gasteiger partial charge in [-0.25, -0.2) is 4.79 Å². The molecule has 1 aliphatic heterocycles. The molecule has 0 bridgehead atoms. The summed E-state index contributed by atoms with van der Waals surface area (Å²) in [4.78, 5) is 17.7. The highest BCUT2D eigenvalue weighted by Gasteiger charge is 2.15. The maximum atomic E-state index is 11.9. The lowest BCUT2D eigenvalue weighted by Crippen LogP contribution is -2.43. The first kappa shape index (κ1) is 17.8. The normalized spacial score (nSPS) is 18.4. The first-order valence-corrected chi connectivity index (χ1v) is 9.42. The highest BCUT2D eigenvalue weighted by Crippen LogP contribution is 2.19. The molecule has 3 N–H and O–H groups in total. The van der Waals surface area contributed by atoms with Crippen LogP contribution in [0, 0.1) is 12.8 Å². The number of hydrogen-bond acceptors (Lipinski definition) is 2. The summed E-state index contributed by atoms with van der Waals surface area (Å²) in [6.07, 6.45) is 5.48. The molecule has 5 heteroatoms. The third-order valence-corrected chi connectivity index (χ3v) is 5.06. The summed E-state index contributed by atoms with van der Waals surface area (Å²) in [5.41, 5.74) is 3.66. The number of benzene rings is 1. The van der Waals surface area contributed by atoms with Crippen LogP contribution >= 0.6 is 0 Å². The molecule has 136 valence electrons. The van der Waals surface area contributed by atoms with E-state index in [-0.39, 0.29) is 6.03 Å². The van der Waals surface area contributed by atoms with Crippen LogP contribution in [0.25, 0.3) is 10.9 Å². The number of aromatic nitrogens is 1. The molecule has 2 heterocycles. The van der Waals surface area contributed by atoms with E-state index in [0.29, 0.717) is 13.1 Å². The number of amides is 2. The minimum atomic E-state index is -0.0688. The summed E-state index contributed by atoms with van der Waals surface area (Å²) in [5, 5.41) is 7.17. The van der Waals surface area contributed by atoms with E-state index in [9.17, 15) is 4.79 Å². The van der Waals surface area contributed by atoms with Gasteiger partial charge in [0.2, 0.25) is 0 Å². The van der Waals surface area contributed by atoms with Crippen molar-refractivity contribution in [2.45, 2.75) is 33.1 Å². The number of fused-ring (bicyclic) bond motifs is 1. The molecule has 0 aliphatic carbocycles. The number of likely N-dealkylation sites (tertiary alicyclic amines) is 1. The van der Waals surface area contributed by atoms with Gasteiger partial charge in [0.1, 0.15) is 0 Å². The van der Waals surface area contributed by atoms with E-state index in [1.165, 1.54) is 29.4 Å². The Morgan fingerprint density at radius 3 is 3.00 bits per heavy atom. The van der Waals surface area contributed by atoms with Gasteiger partial charge in [-0.05, 0) is 55.8 Å². The molecular weight excluding hydrogens is 312 g/mol. The first-order chi connectivity index (χ1) is 12.1. The van der Waals surface area contributed by atoms with E-state index >= 15 is 0 Å². The van der Waals surface area contributed by atoms with Crippen molar-refractivity contribution in [2.75, 3.05) is 32.7 Å². The predicted molar refractivity (Wildman–Crippen MR) is 103 cm³/mol. The Morgan fingerprint density at radius 2 is 2.16 bits per heavy atom. The standard InChI is InChI=1S/C20H30N4O/c1-15-5-6-18-17(13-23-19(18)12-15)7-8-21-20(25)22-9-11-24-10-3-4-16(2)14-24/h5-6,12-13,16,23H,3-4,7-11,14H2,1-2H3,(H2,21,22,25). The molecule has 1 aromatic heterocycles. The zero-order valence-electron chi connectivity index (χ0n) is 15.4. The number of H-pyrrole nitrogens is 1. The van der Waals surface area contributed by atoms with Crippen molar-refractivity contribution in [1.82, 2.24) is 20.5 Å². The van der Waals surface area contributed by atoms with Gasteiger partial charge in [-0.3, -0.25) is 0 Å². The monoisotopic (exact) mass is 342 g/mol. The van der Waals surface area contributed by atoms with Gasteiger partial charge >= 0.3 is 6.03 Å². The highest BCUT2D eigenvalue weighted by atomic mass is 16.2. The number of carbonyl (C=O) groups excluding carboxylic acids is 1. The van der Waals surface area contributed by atoms with E-state index in [1.807, 2.05) is 6.20 Å². The quantitative estimate of drug-likeness (QED) is 0.756. The summed E-state index contributed by atoms with van der Waals surface area (Å²) in [6.45, 7) is 9.02. The summed E-state index contributed by atoms with van der Waals surface area (Å²) in [7, 11) is 0. The van der Waals surface area contributed by atoms with Crippen molar-refractivity contribution in [3.8, 4) is 0 Å². The summed E-state index contributed by atoms with van der Waals surface area (Å²) in [6, 6.07) is 6.36. The van der Waals surface area contributed by atoms with Gasteiger partial charge in [0.05, 0.1) is 0 Å². The number of aromatic amines is 1. The van der Waals surface area contributed by atoms with E-state index in [1.54, 1.807) is 0 Å². The Labute approximate surface area is 150 Å². The second kappa shape index (κ2) is 8.39. The first-order valence-electron chi connectivity index (χ1n) is 9.42. The van der Waals surface area contributed by atoms with Crippen LogP contribution in [-0.4, -0.2) is 48.6 Å². The number of hydrogen-bond donors (Lipinski definition) is 3. The molecule has 0 radical (unpaired) electrons. The van der Waals surface area contributed by atoms with Gasteiger partial charge in [-0.2, -0.15) is 0 Å². The Bertz CT molecular complexity index is 709. The lowest BCUT2D eigenvalue weighted by Gasteiger charge is -2.30. The molecule has 0 spiro atoms. The maximum Gasteiger partial charge on any atom is 0.314 e. The highest BCUT2D eigenvalue weighted by molar-refractivity contribution is 5.83. The van der Waals surface area contributed by atoms with Gasteiger partial charge in [0.25, 0.3) is 0 Å². The van der Waals surface area contributed by atoms with Crippen LogP contribution in [0.3, 0.4) is 0 Å². The third-order valence-electron chi connectivity index (χ3n) is 5.06. The Hall–Kier alpha value is -2.01. The summed E-state index contributed by atoms with van der Waals surface area (Å²) in [5.74, 6) is 0.780. The van der Waals surface area contributed by atoms with Crippen LogP contribution in [0.4, 0.5) is 4.79 Å². The molecule has 5 nitrogen and oxygen atoms in total. The minimum absolute atomic E-state index is 0.0688. The second-order valence-corrected chi connectivity index (χ2v) is 7.34. The molecule has 1 aliphatic rings. The lowest BCUT2D eigenvalue weighted by atomic mass is 10.0. The average molecular weight is 342 g/mol. The van der Waals surface area contributed by atoms with Crippen molar-refractivity contribution < 1.29 is 4.79 Å². The molecule has 3 rings (SSSR count). The van der Waals surface area contributed by atoms with Gasteiger partial charge in [-0.15, -0.1) is 0 Å². The van der Waals surface area contributed by atoms with E-state index in [0.717, 1.165) is 37.5 Å². The number of aryl methyl sites for hydroxylation is 1. The van der Waals surface area contributed by atoms with Gasteiger partial charge in [0.15, 0.2) is 0 Å². The van der Waals surface area contributed by atoms with E-state index in [2.05, 4.69) is 52.6 Å². The van der Waals surface area contributed by atoms with Crippen molar-refractivity contribution >= 4 is 16.9 Å². The summed E-state index contributed by atoms with van der Waals surface area (Å²) < 4.78 is 0. The Morgan fingerprint density at radius 1 is 1.32 bits per heavy atom. The van der Waals surface area contributed by atoms with Crippen molar-refractivity contribution in [2.24, 2.45) is 5.92 Å². The zero-order valence-corrected chi connectivity index (χ0v) is 15.4. The van der Waals surface area contributed by atoms with Crippen LogP contribution in [0.5, 0.6) is 0 Å². The van der Waals surface area contributed by atoms with Crippen LogP contribution in [-0.2, 0) is 6.42 Å². The molecular formula is C20H30N4O. The van der Waals surface area contributed by atoms with Crippen LogP contribution < -0.4 is 10.6 Å². The second-order valence-electron chi connectivity index (χ2n) is 7.34. The molecule has 1 atom stereocenters. The van der Waals surface area contributed by atoms with E-state index < -0.39 is 0 Å². The van der Waals surface area contributed by atoms with Crippen LogP contribution in [0.15, 0.2) is 24.4 Å². The number of urea groups is 1. The number of nitrogens with one attached hydrogen (secondary N) is 3. The largest absolute Gasteiger partial charge is 0.361 e. The average Bonchev–Trinajstić information content (AvgIpc) is 2.97. The van der Waals surface area contributed by atoms with Gasteiger partial charge in [0, 0.05) is 43.3 Å². The smallest absolute Gasteiger partial charge is 0.314 e. The van der Waals surface area contributed by atoms with Gasteiger partial charge < -0.3 is 20.5 Å². The van der Waals surface area contributed by atoms with Crippen molar-refractivity contribution in [3.05, 3.63) is 35.5 Å². The molecule has 2 amide bonds. The minimum Gasteiger partial charge on any atom is -0.361 e. The van der Waals surface area contributed by atoms with Crippen molar-refractivity contribution in [3.63, 3.8) is 0 Å². The zero-order chi connectivity index (χ0) is 17.6. The SMILES string of the molecule is Cc1ccc2c(CCNC(=O)NCCN3CCCC(C)C3)c[nH]c2c1. The number of nitrogens with zero attached hydrogens (tertiary/aromatic N) is 1. The molecule has 2 aromatic rings. The maximum absolute atomic E-state index is 11.9. The molecule has 1 unspecified atom stereocenters. The number of rotatable bonds is 6. The Kier molecular flexibility index (Phi) is 5.97.